The maximum absolute atomic E-state index is 13.1. The van der Waals surface area contributed by atoms with E-state index in [9.17, 15) is 4.39 Å². The zero-order valence-electron chi connectivity index (χ0n) is 9.45. The Balaban J connectivity index is 2.10. The molecule has 4 heteroatoms. The quantitative estimate of drug-likeness (QED) is 0.781. The monoisotopic (exact) mass is 224 g/mol. The van der Waals surface area contributed by atoms with Crippen molar-refractivity contribution in [1.82, 2.24) is 0 Å². The molecule has 16 heavy (non-hydrogen) atoms. The largest absolute Gasteiger partial charge is 0.397 e. The summed E-state index contributed by atoms with van der Waals surface area (Å²) in [5.74, 6) is -0.238. The van der Waals surface area contributed by atoms with Crippen molar-refractivity contribution >= 4 is 11.4 Å². The summed E-state index contributed by atoms with van der Waals surface area (Å²) in [6.45, 7) is 1.73. The van der Waals surface area contributed by atoms with Crippen molar-refractivity contribution in [2.75, 3.05) is 30.8 Å². The molecule has 0 aromatic heterocycles. The van der Waals surface area contributed by atoms with Crippen LogP contribution in [-0.2, 0) is 4.74 Å². The predicted molar refractivity (Wildman–Crippen MR) is 63.1 cm³/mol. The number of benzene rings is 1. The van der Waals surface area contributed by atoms with Crippen LogP contribution in [0.5, 0.6) is 0 Å². The third-order valence-electron chi connectivity index (χ3n) is 3.11. The molecule has 2 N–H and O–H groups in total. The van der Waals surface area contributed by atoms with Crippen LogP contribution in [-0.4, -0.2) is 26.3 Å². The maximum atomic E-state index is 13.1. The number of nitrogens with zero attached hydrogens (tertiary/aromatic N) is 1. The van der Waals surface area contributed by atoms with Gasteiger partial charge in [-0.05, 0) is 31.0 Å². The third-order valence-corrected chi connectivity index (χ3v) is 3.11. The van der Waals surface area contributed by atoms with Crippen molar-refractivity contribution in [3.8, 4) is 0 Å². The van der Waals surface area contributed by atoms with Crippen molar-refractivity contribution in [3.63, 3.8) is 0 Å². The van der Waals surface area contributed by atoms with Crippen LogP contribution in [0.1, 0.15) is 12.8 Å². The van der Waals surface area contributed by atoms with Crippen LogP contribution in [0, 0.1) is 5.82 Å². The van der Waals surface area contributed by atoms with Gasteiger partial charge in [0.05, 0.1) is 17.5 Å². The van der Waals surface area contributed by atoms with E-state index in [-0.39, 0.29) is 5.82 Å². The Hall–Kier alpha value is -1.29. The lowest BCUT2D eigenvalue weighted by molar-refractivity contribution is 0.0819. The summed E-state index contributed by atoms with van der Waals surface area (Å²) in [5.41, 5.74) is 7.28. The molecule has 1 fully saturated rings. The lowest BCUT2D eigenvalue weighted by Crippen LogP contribution is -2.37. The number of nitrogen functional groups attached to an aromatic ring is 1. The molecule has 1 heterocycles. The molecule has 1 aromatic carbocycles. The molecule has 0 radical (unpaired) electrons. The van der Waals surface area contributed by atoms with Crippen LogP contribution in [0.25, 0.3) is 0 Å². The first-order valence-electron chi connectivity index (χ1n) is 5.53. The number of nitrogens with two attached hydrogens (primary N) is 1. The van der Waals surface area contributed by atoms with E-state index in [0.29, 0.717) is 11.8 Å². The smallest absolute Gasteiger partial charge is 0.125 e. The van der Waals surface area contributed by atoms with Crippen molar-refractivity contribution < 1.29 is 9.13 Å². The van der Waals surface area contributed by atoms with E-state index in [0.717, 1.165) is 31.6 Å². The van der Waals surface area contributed by atoms with Crippen LogP contribution < -0.4 is 10.6 Å². The Morgan fingerprint density at radius 3 is 2.69 bits per heavy atom. The molecule has 0 aliphatic carbocycles. The van der Waals surface area contributed by atoms with Gasteiger partial charge in [-0.25, -0.2) is 4.39 Å². The highest BCUT2D eigenvalue weighted by Crippen LogP contribution is 2.27. The lowest BCUT2D eigenvalue weighted by Gasteiger charge is -2.33. The van der Waals surface area contributed by atoms with E-state index < -0.39 is 0 Å². The van der Waals surface area contributed by atoms with Gasteiger partial charge in [0.25, 0.3) is 0 Å². The molecule has 0 atom stereocenters. The summed E-state index contributed by atoms with van der Waals surface area (Å²) in [6, 6.07) is 4.51. The normalized spacial score (nSPS) is 17.8. The minimum atomic E-state index is -0.238. The number of hydrogen-bond acceptors (Lipinski definition) is 3. The fraction of sp³-hybridized carbons (Fsp3) is 0.500. The Bertz CT molecular complexity index is 362. The van der Waals surface area contributed by atoms with Crippen molar-refractivity contribution in [2.24, 2.45) is 0 Å². The highest BCUT2D eigenvalue weighted by Gasteiger charge is 2.20. The fourth-order valence-corrected chi connectivity index (χ4v) is 2.12. The second-order valence-electron chi connectivity index (χ2n) is 4.13. The first-order valence-corrected chi connectivity index (χ1v) is 5.53. The van der Waals surface area contributed by atoms with Gasteiger partial charge in [0.2, 0.25) is 0 Å². The van der Waals surface area contributed by atoms with Gasteiger partial charge in [0, 0.05) is 20.2 Å². The number of ether oxygens (including phenoxy) is 1. The van der Waals surface area contributed by atoms with Gasteiger partial charge in [-0.3, -0.25) is 0 Å². The summed E-state index contributed by atoms with van der Waals surface area (Å²) in [7, 11) is 1.73. The Morgan fingerprint density at radius 1 is 1.38 bits per heavy atom. The summed E-state index contributed by atoms with van der Waals surface area (Å²) in [6.07, 6.45) is 2.25. The van der Waals surface area contributed by atoms with Crippen LogP contribution in [0.4, 0.5) is 15.8 Å². The summed E-state index contributed by atoms with van der Waals surface area (Å²) in [5, 5.41) is 0. The molecular formula is C12H17FN2O. The molecular weight excluding hydrogens is 207 g/mol. The molecule has 1 aliphatic rings. The van der Waals surface area contributed by atoms with Crippen molar-refractivity contribution in [1.29, 1.82) is 0 Å². The minimum absolute atomic E-state index is 0.238. The molecule has 3 nitrogen and oxygen atoms in total. The van der Waals surface area contributed by atoms with Crippen LogP contribution >= 0.6 is 0 Å². The molecule has 88 valence electrons. The SMILES string of the molecule is COC1CCN(c2cc(F)ccc2N)CC1. The predicted octanol–water partition coefficient (Wildman–Crippen LogP) is 2.02. The van der Waals surface area contributed by atoms with E-state index in [1.807, 2.05) is 0 Å². The first-order chi connectivity index (χ1) is 7.70. The number of methoxy groups -OCH3 is 1. The molecule has 1 saturated heterocycles. The van der Waals surface area contributed by atoms with Gasteiger partial charge in [0.15, 0.2) is 0 Å². The second-order valence-corrected chi connectivity index (χ2v) is 4.13. The van der Waals surface area contributed by atoms with Gasteiger partial charge in [-0.15, -0.1) is 0 Å². The van der Waals surface area contributed by atoms with Crippen LogP contribution in [0.2, 0.25) is 0 Å². The number of rotatable bonds is 2. The first kappa shape index (κ1) is 11.2. The summed E-state index contributed by atoms with van der Waals surface area (Å²) >= 11 is 0. The van der Waals surface area contributed by atoms with Gasteiger partial charge in [-0.1, -0.05) is 0 Å². The topological polar surface area (TPSA) is 38.5 Å². The molecule has 0 amide bonds. The maximum Gasteiger partial charge on any atom is 0.125 e. The van der Waals surface area contributed by atoms with E-state index >= 15 is 0 Å². The number of halogens is 1. The van der Waals surface area contributed by atoms with Crippen molar-refractivity contribution in [2.45, 2.75) is 18.9 Å². The van der Waals surface area contributed by atoms with Crippen molar-refractivity contribution in [3.05, 3.63) is 24.0 Å². The second kappa shape index (κ2) is 4.70. The highest BCUT2D eigenvalue weighted by atomic mass is 19.1. The standard InChI is InChI=1S/C12H17FN2O/c1-16-10-4-6-15(7-5-10)12-8-9(13)2-3-11(12)14/h2-3,8,10H,4-7,14H2,1H3. The average Bonchev–Trinajstić information content (AvgIpc) is 2.32. The minimum Gasteiger partial charge on any atom is -0.397 e. The lowest BCUT2D eigenvalue weighted by atomic mass is 10.1. The Morgan fingerprint density at radius 2 is 2.06 bits per heavy atom. The van der Waals surface area contributed by atoms with Crippen LogP contribution in [0.15, 0.2) is 18.2 Å². The molecule has 0 saturated carbocycles. The van der Waals surface area contributed by atoms with Gasteiger partial charge in [0.1, 0.15) is 5.82 Å². The summed E-state index contributed by atoms with van der Waals surface area (Å²) < 4.78 is 18.4. The molecule has 0 unspecified atom stereocenters. The van der Waals surface area contributed by atoms with Gasteiger partial charge < -0.3 is 15.4 Å². The van der Waals surface area contributed by atoms with Gasteiger partial charge in [-0.2, -0.15) is 0 Å². The van der Waals surface area contributed by atoms with E-state index in [1.54, 1.807) is 13.2 Å². The molecule has 1 aliphatic heterocycles. The van der Waals surface area contributed by atoms with E-state index in [4.69, 9.17) is 10.5 Å². The third kappa shape index (κ3) is 2.27. The van der Waals surface area contributed by atoms with Crippen LogP contribution in [0.3, 0.4) is 0 Å². The molecule has 0 spiro atoms. The zero-order valence-corrected chi connectivity index (χ0v) is 9.45. The fourth-order valence-electron chi connectivity index (χ4n) is 2.12. The molecule has 0 bridgehead atoms. The van der Waals surface area contributed by atoms with Gasteiger partial charge >= 0.3 is 0 Å². The Labute approximate surface area is 95.0 Å². The van der Waals surface area contributed by atoms with E-state index in [2.05, 4.69) is 4.90 Å². The number of piperidine rings is 1. The number of anilines is 2. The molecule has 1 aromatic rings. The van der Waals surface area contributed by atoms with E-state index in [1.165, 1.54) is 12.1 Å². The molecule has 2 rings (SSSR count). The average molecular weight is 224 g/mol. The zero-order chi connectivity index (χ0) is 11.5. The Kier molecular flexibility index (Phi) is 3.29. The highest BCUT2D eigenvalue weighted by molar-refractivity contribution is 5.67. The number of hydrogen-bond donors (Lipinski definition) is 1. The summed E-state index contributed by atoms with van der Waals surface area (Å²) in [4.78, 5) is 2.12.